The van der Waals surface area contributed by atoms with Crippen LogP contribution in [0.15, 0.2) is 42.5 Å². The van der Waals surface area contributed by atoms with Gasteiger partial charge in [0.1, 0.15) is 17.4 Å². The number of hydrogen-bond acceptors (Lipinski definition) is 2. The first kappa shape index (κ1) is 13.7. The van der Waals surface area contributed by atoms with E-state index >= 15 is 0 Å². The lowest BCUT2D eigenvalue weighted by atomic mass is 9.89. The lowest BCUT2D eigenvalue weighted by molar-refractivity contribution is 0.0687. The zero-order valence-electron chi connectivity index (χ0n) is 12.0. The van der Waals surface area contributed by atoms with Crippen molar-refractivity contribution >= 4 is 5.97 Å². The Bertz CT molecular complexity index is 676. The predicted octanol–water partition coefficient (Wildman–Crippen LogP) is 4.15. The topological polar surface area (TPSA) is 46.5 Å². The number of carboxylic acids is 1. The number of benzene rings is 2. The Morgan fingerprint density at radius 1 is 1.24 bits per heavy atom. The third-order valence-corrected chi connectivity index (χ3v) is 3.95. The molecule has 3 nitrogen and oxygen atoms in total. The van der Waals surface area contributed by atoms with Gasteiger partial charge in [0, 0.05) is 0 Å². The van der Waals surface area contributed by atoms with E-state index in [-0.39, 0.29) is 11.7 Å². The van der Waals surface area contributed by atoms with Crippen LogP contribution in [0, 0.1) is 6.92 Å². The molecule has 0 radical (unpaired) electrons. The molecule has 0 amide bonds. The summed E-state index contributed by atoms with van der Waals surface area (Å²) in [6, 6.07) is 13.5. The minimum absolute atomic E-state index is 0.0603. The summed E-state index contributed by atoms with van der Waals surface area (Å²) in [7, 11) is 0. The second-order valence-corrected chi connectivity index (χ2v) is 5.50. The Balaban J connectivity index is 1.95. The number of carboxylic acid groups (broad SMARTS) is 1. The van der Waals surface area contributed by atoms with Gasteiger partial charge < -0.3 is 9.84 Å². The highest BCUT2D eigenvalue weighted by Crippen LogP contribution is 2.35. The molecule has 0 saturated carbocycles. The Morgan fingerprint density at radius 2 is 2.05 bits per heavy atom. The number of hydrogen-bond donors (Lipinski definition) is 1. The van der Waals surface area contributed by atoms with Gasteiger partial charge in [0.05, 0.1) is 0 Å². The maximum Gasteiger partial charge on any atom is 0.339 e. The van der Waals surface area contributed by atoms with Crippen LogP contribution in [0.2, 0.25) is 0 Å². The number of aromatic carboxylic acids is 1. The Labute approximate surface area is 124 Å². The van der Waals surface area contributed by atoms with Crippen molar-refractivity contribution in [3.63, 3.8) is 0 Å². The summed E-state index contributed by atoms with van der Waals surface area (Å²) in [5, 5.41) is 9.30. The molecule has 1 unspecified atom stereocenters. The predicted molar refractivity (Wildman–Crippen MR) is 80.9 cm³/mol. The lowest BCUT2D eigenvalue weighted by Crippen LogP contribution is -2.16. The molecule has 0 spiro atoms. The second-order valence-electron chi connectivity index (χ2n) is 5.50. The summed E-state index contributed by atoms with van der Waals surface area (Å²) in [6.07, 6.45) is 2.99. The molecular weight excluding hydrogens is 264 g/mol. The highest BCUT2D eigenvalue weighted by atomic mass is 16.5. The van der Waals surface area contributed by atoms with Crippen molar-refractivity contribution < 1.29 is 14.6 Å². The molecule has 1 aliphatic rings. The average molecular weight is 282 g/mol. The molecule has 3 heteroatoms. The standard InChI is InChI=1S/C18H18O3/c1-12-9-10-15(18(19)20)17(11-12)21-16-8-4-6-13-5-2-3-7-14(13)16/h2-3,5,7,9-11,16H,4,6,8H2,1H3,(H,19,20). The molecule has 0 fully saturated rings. The van der Waals surface area contributed by atoms with Gasteiger partial charge in [0.15, 0.2) is 0 Å². The number of fused-ring (bicyclic) bond motifs is 1. The van der Waals surface area contributed by atoms with Crippen molar-refractivity contribution in [3.8, 4) is 5.75 Å². The largest absolute Gasteiger partial charge is 0.485 e. The number of carbonyl (C=O) groups is 1. The first-order chi connectivity index (χ1) is 10.1. The van der Waals surface area contributed by atoms with Crippen molar-refractivity contribution in [2.75, 3.05) is 0 Å². The van der Waals surface area contributed by atoms with Crippen LogP contribution in [0.3, 0.4) is 0 Å². The minimum Gasteiger partial charge on any atom is -0.485 e. The van der Waals surface area contributed by atoms with Crippen LogP contribution < -0.4 is 4.74 Å². The summed E-state index contributed by atoms with van der Waals surface area (Å²) >= 11 is 0. The molecule has 21 heavy (non-hydrogen) atoms. The SMILES string of the molecule is Cc1ccc(C(=O)O)c(OC2CCCc3ccccc32)c1. The van der Waals surface area contributed by atoms with Crippen molar-refractivity contribution in [2.24, 2.45) is 0 Å². The van der Waals surface area contributed by atoms with Gasteiger partial charge in [-0.25, -0.2) is 4.79 Å². The van der Waals surface area contributed by atoms with Crippen LogP contribution >= 0.6 is 0 Å². The van der Waals surface area contributed by atoms with Crippen LogP contribution in [-0.2, 0) is 6.42 Å². The van der Waals surface area contributed by atoms with Crippen LogP contribution in [0.25, 0.3) is 0 Å². The molecule has 1 N–H and O–H groups in total. The average Bonchev–Trinajstić information content (AvgIpc) is 2.47. The molecule has 0 saturated heterocycles. The molecular formula is C18H18O3. The first-order valence-corrected chi connectivity index (χ1v) is 7.23. The third-order valence-electron chi connectivity index (χ3n) is 3.95. The van der Waals surface area contributed by atoms with E-state index in [2.05, 4.69) is 12.1 Å². The van der Waals surface area contributed by atoms with Crippen molar-refractivity contribution in [1.29, 1.82) is 0 Å². The number of rotatable bonds is 3. The van der Waals surface area contributed by atoms with Gasteiger partial charge in [0.25, 0.3) is 0 Å². The van der Waals surface area contributed by atoms with E-state index < -0.39 is 5.97 Å². The zero-order valence-corrected chi connectivity index (χ0v) is 12.0. The molecule has 108 valence electrons. The highest BCUT2D eigenvalue weighted by Gasteiger charge is 2.23. The van der Waals surface area contributed by atoms with E-state index in [0.29, 0.717) is 5.75 Å². The normalized spacial score (nSPS) is 17.1. The molecule has 2 aromatic rings. The minimum atomic E-state index is -0.950. The van der Waals surface area contributed by atoms with E-state index in [9.17, 15) is 9.90 Å². The fourth-order valence-electron chi connectivity index (χ4n) is 2.89. The second kappa shape index (κ2) is 5.60. The van der Waals surface area contributed by atoms with Crippen molar-refractivity contribution in [2.45, 2.75) is 32.3 Å². The molecule has 0 aromatic heterocycles. The first-order valence-electron chi connectivity index (χ1n) is 7.23. The van der Waals surface area contributed by atoms with Gasteiger partial charge in [-0.05, 0) is 55.0 Å². The van der Waals surface area contributed by atoms with Gasteiger partial charge in [0.2, 0.25) is 0 Å². The monoisotopic (exact) mass is 282 g/mol. The van der Waals surface area contributed by atoms with E-state index in [4.69, 9.17) is 4.74 Å². The van der Waals surface area contributed by atoms with Crippen LogP contribution in [-0.4, -0.2) is 11.1 Å². The van der Waals surface area contributed by atoms with Crippen LogP contribution in [0.4, 0.5) is 0 Å². The summed E-state index contributed by atoms with van der Waals surface area (Å²) in [4.78, 5) is 11.3. The number of aryl methyl sites for hydroxylation is 2. The molecule has 2 aromatic carbocycles. The smallest absolute Gasteiger partial charge is 0.339 e. The van der Waals surface area contributed by atoms with E-state index in [0.717, 1.165) is 24.8 Å². The lowest BCUT2D eigenvalue weighted by Gasteiger charge is -2.27. The van der Waals surface area contributed by atoms with E-state index in [1.54, 1.807) is 18.2 Å². The van der Waals surface area contributed by atoms with E-state index in [1.807, 2.05) is 19.1 Å². The third kappa shape index (κ3) is 2.77. The highest BCUT2D eigenvalue weighted by molar-refractivity contribution is 5.91. The fourth-order valence-corrected chi connectivity index (χ4v) is 2.89. The Hall–Kier alpha value is -2.29. The molecule has 0 aliphatic heterocycles. The van der Waals surface area contributed by atoms with Gasteiger partial charge in [-0.3, -0.25) is 0 Å². The fraction of sp³-hybridized carbons (Fsp3) is 0.278. The summed E-state index contributed by atoms with van der Waals surface area (Å²) < 4.78 is 6.07. The number of ether oxygens (including phenoxy) is 1. The summed E-state index contributed by atoms with van der Waals surface area (Å²) in [5.41, 5.74) is 3.71. The molecule has 3 rings (SSSR count). The zero-order chi connectivity index (χ0) is 14.8. The molecule has 1 atom stereocenters. The molecule has 0 heterocycles. The van der Waals surface area contributed by atoms with Crippen molar-refractivity contribution in [1.82, 2.24) is 0 Å². The van der Waals surface area contributed by atoms with E-state index in [1.165, 1.54) is 11.1 Å². The molecule has 1 aliphatic carbocycles. The Morgan fingerprint density at radius 3 is 2.86 bits per heavy atom. The summed E-state index contributed by atoms with van der Waals surface area (Å²) in [5.74, 6) is -0.488. The van der Waals surface area contributed by atoms with Gasteiger partial charge >= 0.3 is 5.97 Å². The molecule has 0 bridgehead atoms. The van der Waals surface area contributed by atoms with Crippen LogP contribution in [0.5, 0.6) is 5.75 Å². The maximum atomic E-state index is 11.3. The van der Waals surface area contributed by atoms with Gasteiger partial charge in [-0.1, -0.05) is 30.3 Å². The van der Waals surface area contributed by atoms with Gasteiger partial charge in [-0.2, -0.15) is 0 Å². The maximum absolute atomic E-state index is 11.3. The van der Waals surface area contributed by atoms with Crippen molar-refractivity contribution in [3.05, 3.63) is 64.7 Å². The Kier molecular flexibility index (Phi) is 3.65. The summed E-state index contributed by atoms with van der Waals surface area (Å²) in [6.45, 7) is 1.94. The van der Waals surface area contributed by atoms with Crippen LogP contribution in [0.1, 0.15) is 46.0 Å². The van der Waals surface area contributed by atoms with Gasteiger partial charge in [-0.15, -0.1) is 0 Å². The quantitative estimate of drug-likeness (QED) is 0.920.